The van der Waals surface area contributed by atoms with Crippen LogP contribution in [0.1, 0.15) is 12.0 Å². The molecule has 12 heteroatoms. The molecule has 1 aromatic rings. The van der Waals surface area contributed by atoms with E-state index in [-0.39, 0.29) is 0 Å². The van der Waals surface area contributed by atoms with Crippen LogP contribution < -0.4 is 4.72 Å². The summed E-state index contributed by atoms with van der Waals surface area (Å²) in [5.74, 6) is 3.47. The molecule has 31 heavy (non-hydrogen) atoms. The van der Waals surface area contributed by atoms with Crippen molar-refractivity contribution in [2.45, 2.75) is 23.5 Å². The van der Waals surface area contributed by atoms with Crippen LogP contribution in [0.25, 0.3) is 0 Å². The predicted octanol–water partition coefficient (Wildman–Crippen LogP) is 7.33. The highest BCUT2D eigenvalue weighted by molar-refractivity contribution is 8.45. The van der Waals surface area contributed by atoms with Gasteiger partial charge < -0.3 is 0 Å². The van der Waals surface area contributed by atoms with Crippen LogP contribution in [0.2, 0.25) is 0 Å². The van der Waals surface area contributed by atoms with Gasteiger partial charge >= 0.3 is 0 Å². The second-order valence-corrected chi connectivity index (χ2v) is 18.8. The van der Waals surface area contributed by atoms with E-state index in [9.17, 15) is 8.42 Å². The fraction of sp³-hybridized carbons (Fsp3) is 0.368. The zero-order chi connectivity index (χ0) is 21.4. The first-order valence-electron chi connectivity index (χ1n) is 9.53. The van der Waals surface area contributed by atoms with Gasteiger partial charge in [0.25, 0.3) is 0 Å². The molecule has 0 saturated carbocycles. The SMILES string of the molecule is Cc1ccc(S(=O)(=O)NCCC2CSC3=C(SC(=C4SC5=C(SCCS5)S4)S3)S2)cc1. The maximum absolute atomic E-state index is 12.5. The molecule has 3 nitrogen and oxygen atoms in total. The lowest BCUT2D eigenvalue weighted by atomic mass is 10.2. The lowest BCUT2D eigenvalue weighted by Crippen LogP contribution is -2.27. The molecule has 4 aliphatic rings. The standard InChI is InChI=1S/C19H19NO2S9/c1-11-2-4-13(5-3-11)31(21,22)20-7-6-12-10-25-16-17(26-12)30-19(29-16)18-27-14-15(28-18)24-9-8-23-14/h2-5,12,20H,6-10H2,1H3. The third-order valence-corrected chi connectivity index (χ3v) is 18.5. The van der Waals surface area contributed by atoms with Crippen LogP contribution in [-0.2, 0) is 10.0 Å². The number of hydrogen-bond donors (Lipinski definition) is 1. The number of thioether (sulfide) groups is 8. The molecular formula is C19H19NO2S9. The molecule has 0 spiro atoms. The molecule has 1 atom stereocenters. The summed E-state index contributed by atoms with van der Waals surface area (Å²) < 4.78 is 36.5. The molecule has 1 unspecified atom stereocenters. The zero-order valence-corrected chi connectivity index (χ0v) is 23.8. The Hall–Kier alpha value is 1.15. The Bertz CT molecular complexity index is 1060. The highest BCUT2D eigenvalue weighted by Crippen LogP contribution is 2.68. The molecule has 0 radical (unpaired) electrons. The van der Waals surface area contributed by atoms with Crippen molar-refractivity contribution < 1.29 is 8.42 Å². The van der Waals surface area contributed by atoms with E-state index in [0.717, 1.165) is 17.7 Å². The average Bonchev–Trinajstić information content (AvgIpc) is 3.37. The number of benzene rings is 1. The summed E-state index contributed by atoms with van der Waals surface area (Å²) in [6.45, 7) is 2.43. The van der Waals surface area contributed by atoms with E-state index in [1.165, 1.54) is 36.9 Å². The van der Waals surface area contributed by atoms with E-state index in [4.69, 9.17) is 0 Å². The van der Waals surface area contributed by atoms with Crippen LogP contribution in [0, 0.1) is 6.92 Å². The molecule has 166 valence electrons. The van der Waals surface area contributed by atoms with E-state index >= 15 is 0 Å². The first-order chi connectivity index (χ1) is 15.0. The van der Waals surface area contributed by atoms with E-state index < -0.39 is 10.0 Å². The van der Waals surface area contributed by atoms with Gasteiger partial charge in [-0.05, 0) is 25.5 Å². The zero-order valence-electron chi connectivity index (χ0n) is 16.4. The van der Waals surface area contributed by atoms with E-state index in [0.29, 0.717) is 16.7 Å². The first-order valence-corrected chi connectivity index (χ1v) is 18.1. The summed E-state index contributed by atoms with van der Waals surface area (Å²) in [6, 6.07) is 7.01. The minimum atomic E-state index is -3.43. The van der Waals surface area contributed by atoms with Gasteiger partial charge in [0, 0.05) is 29.1 Å². The monoisotopic (exact) mass is 581 g/mol. The van der Waals surface area contributed by atoms with Gasteiger partial charge in [-0.25, -0.2) is 13.1 Å². The maximum Gasteiger partial charge on any atom is 0.240 e. The molecule has 0 fully saturated rings. The van der Waals surface area contributed by atoms with Crippen LogP contribution in [-0.4, -0.2) is 37.5 Å². The number of rotatable bonds is 5. The minimum absolute atomic E-state index is 0.340. The van der Waals surface area contributed by atoms with Gasteiger partial charge in [-0.15, -0.1) is 47.0 Å². The van der Waals surface area contributed by atoms with Gasteiger partial charge in [0.1, 0.15) is 0 Å². The first kappa shape index (κ1) is 23.9. The highest BCUT2D eigenvalue weighted by Gasteiger charge is 2.34. The summed E-state index contributed by atoms with van der Waals surface area (Å²) >= 11 is 15.6. The van der Waals surface area contributed by atoms with Crippen LogP contribution in [0.4, 0.5) is 0 Å². The van der Waals surface area contributed by atoms with Gasteiger partial charge in [-0.2, -0.15) is 0 Å². The molecule has 0 aliphatic carbocycles. The largest absolute Gasteiger partial charge is 0.240 e. The van der Waals surface area contributed by atoms with Crippen molar-refractivity contribution in [3.8, 4) is 0 Å². The Labute approximate surface area is 217 Å². The topological polar surface area (TPSA) is 46.2 Å². The number of aryl methyl sites for hydroxylation is 1. The lowest BCUT2D eigenvalue weighted by molar-refractivity contribution is 0.579. The van der Waals surface area contributed by atoms with Crippen molar-refractivity contribution in [2.24, 2.45) is 0 Å². The number of nitrogens with one attached hydrogen (secondary N) is 1. The number of hydrogen-bond acceptors (Lipinski definition) is 10. The lowest BCUT2D eigenvalue weighted by Gasteiger charge is -2.21. The third-order valence-electron chi connectivity index (χ3n) is 4.55. The molecule has 1 N–H and O–H groups in total. The van der Waals surface area contributed by atoms with Crippen LogP contribution in [0.15, 0.2) is 54.6 Å². The van der Waals surface area contributed by atoms with Crippen LogP contribution in [0.3, 0.4) is 0 Å². The maximum atomic E-state index is 12.5. The van der Waals surface area contributed by atoms with Crippen molar-refractivity contribution in [2.75, 3.05) is 23.8 Å². The summed E-state index contributed by atoms with van der Waals surface area (Å²) in [5, 5.41) is 0.434. The smallest absolute Gasteiger partial charge is 0.211 e. The molecule has 0 saturated heterocycles. The fourth-order valence-corrected chi connectivity index (χ4v) is 16.7. The van der Waals surface area contributed by atoms with Crippen molar-refractivity contribution in [1.29, 1.82) is 0 Å². The summed E-state index contributed by atoms with van der Waals surface area (Å²) in [4.78, 5) is 0.340. The Morgan fingerprint density at radius 1 is 0.839 bits per heavy atom. The Morgan fingerprint density at radius 3 is 2.06 bits per heavy atom. The minimum Gasteiger partial charge on any atom is -0.211 e. The Morgan fingerprint density at radius 2 is 1.42 bits per heavy atom. The van der Waals surface area contributed by atoms with Crippen LogP contribution in [0.5, 0.6) is 0 Å². The highest BCUT2D eigenvalue weighted by atomic mass is 32.3. The second-order valence-electron chi connectivity index (χ2n) is 6.88. The molecule has 4 aliphatic heterocycles. The molecule has 5 rings (SSSR count). The van der Waals surface area contributed by atoms with E-state index in [2.05, 4.69) is 4.72 Å². The van der Waals surface area contributed by atoms with Crippen molar-refractivity contribution >= 4 is 104 Å². The van der Waals surface area contributed by atoms with Crippen molar-refractivity contribution in [3.05, 3.63) is 55.3 Å². The number of sulfonamides is 1. The molecule has 0 aromatic heterocycles. The summed E-state index contributed by atoms with van der Waals surface area (Å²) in [5.41, 5.74) is 1.06. The second kappa shape index (κ2) is 10.4. The molecule has 0 amide bonds. The summed E-state index contributed by atoms with van der Waals surface area (Å²) in [6.07, 6.45) is 0.837. The van der Waals surface area contributed by atoms with Crippen molar-refractivity contribution in [1.82, 2.24) is 4.72 Å². The fourth-order valence-electron chi connectivity index (χ4n) is 2.97. The van der Waals surface area contributed by atoms with E-state index in [1.54, 1.807) is 12.1 Å². The normalized spacial score (nSPS) is 24.1. The average molecular weight is 582 g/mol. The molecule has 1 aromatic carbocycles. The summed E-state index contributed by atoms with van der Waals surface area (Å²) in [7, 11) is -3.43. The molecule has 0 bridgehead atoms. The van der Waals surface area contributed by atoms with Gasteiger partial charge in [0.2, 0.25) is 10.0 Å². The third kappa shape index (κ3) is 5.70. The van der Waals surface area contributed by atoms with Crippen molar-refractivity contribution in [3.63, 3.8) is 0 Å². The molecule has 4 heterocycles. The quantitative estimate of drug-likeness (QED) is 0.382. The van der Waals surface area contributed by atoms with Gasteiger partial charge in [-0.3, -0.25) is 0 Å². The van der Waals surface area contributed by atoms with Crippen LogP contribution >= 0.6 is 94.1 Å². The Kier molecular flexibility index (Phi) is 8.02. The van der Waals surface area contributed by atoms with E-state index in [1.807, 2.05) is 113 Å². The van der Waals surface area contributed by atoms with Gasteiger partial charge in [0.15, 0.2) is 0 Å². The molecular weight excluding hydrogens is 563 g/mol. The van der Waals surface area contributed by atoms with Gasteiger partial charge in [-0.1, -0.05) is 64.7 Å². The van der Waals surface area contributed by atoms with Gasteiger partial charge in [0.05, 0.1) is 30.3 Å². The Balaban J connectivity index is 1.14. The predicted molar refractivity (Wildman–Crippen MR) is 151 cm³/mol.